The van der Waals surface area contributed by atoms with Crippen LogP contribution in [0.4, 0.5) is 0 Å². The summed E-state index contributed by atoms with van der Waals surface area (Å²) in [7, 11) is 0.135. The van der Waals surface area contributed by atoms with Crippen molar-refractivity contribution in [1.82, 2.24) is 0 Å². The molecule has 35 heavy (non-hydrogen) atoms. The minimum absolute atomic E-state index is 0.286. The highest BCUT2D eigenvalue weighted by atomic mass is 32.3. The highest BCUT2D eigenvalue weighted by molar-refractivity contribution is 8.10. The van der Waals surface area contributed by atoms with Crippen LogP contribution in [0.5, 0.6) is 34.5 Å². The molecule has 2 aromatic carbocycles. The largest absolute Gasteiger partial charge is 0.496 e. The second-order valence-electron chi connectivity index (χ2n) is 6.94. The number of hydrogen-bond donors (Lipinski definition) is 0. The third-order valence-electron chi connectivity index (χ3n) is 4.72. The molecule has 0 aliphatic carbocycles. The average molecular weight is 529 g/mol. The molecule has 0 bridgehead atoms. The number of hydrogen-bond acceptors (Lipinski definition) is 10. The van der Waals surface area contributed by atoms with Gasteiger partial charge < -0.3 is 28.4 Å². The Kier molecular flexibility index (Phi) is 9.43. The second kappa shape index (κ2) is 11.8. The van der Waals surface area contributed by atoms with Crippen LogP contribution in [0.1, 0.15) is 11.1 Å². The highest BCUT2D eigenvalue weighted by Gasteiger charge is 2.20. The van der Waals surface area contributed by atoms with Gasteiger partial charge in [0, 0.05) is 35.1 Å². The zero-order valence-electron chi connectivity index (χ0n) is 20.2. The molecule has 10 nitrogen and oxygen atoms in total. The van der Waals surface area contributed by atoms with Gasteiger partial charge >= 0.3 is 0 Å². The molecule has 0 aliphatic rings. The summed E-state index contributed by atoms with van der Waals surface area (Å²) in [5, 5.41) is 0.425. The van der Waals surface area contributed by atoms with Gasteiger partial charge in [-0.2, -0.15) is 0 Å². The number of sulfone groups is 2. The van der Waals surface area contributed by atoms with Crippen molar-refractivity contribution in [3.8, 4) is 34.5 Å². The van der Waals surface area contributed by atoms with Crippen LogP contribution in [0.25, 0.3) is 12.2 Å². The van der Waals surface area contributed by atoms with Gasteiger partial charge in [-0.3, -0.25) is 0 Å². The van der Waals surface area contributed by atoms with E-state index in [4.69, 9.17) is 28.4 Å². The standard InChI is InChI=1S/C23H28O10S2/c1-28-16-11-20(30-3)18(21(12-16)31-4)7-9-34(24,25)15-35(26,27)10-8-19-22(32-5)13-17(29-2)14-23(19)33-6/h7-14H,15H2,1-6H3/b9-7-,10-8+. The molecule has 0 atom stereocenters. The van der Waals surface area contributed by atoms with Crippen LogP contribution in [-0.2, 0) is 19.7 Å². The molecule has 0 heterocycles. The van der Waals surface area contributed by atoms with E-state index >= 15 is 0 Å². The van der Waals surface area contributed by atoms with Crippen molar-refractivity contribution < 1.29 is 45.3 Å². The van der Waals surface area contributed by atoms with Gasteiger partial charge in [-0.25, -0.2) is 16.8 Å². The van der Waals surface area contributed by atoms with Crippen molar-refractivity contribution in [2.24, 2.45) is 0 Å². The fourth-order valence-electron chi connectivity index (χ4n) is 3.04. The molecule has 0 fully saturated rings. The SMILES string of the molecule is COc1cc(OC)c(/C=C\S(=O)(=O)CS(=O)(=O)/C=C/c2c(OC)cc(OC)cc2OC)c(OC)c1. The number of ether oxygens (including phenoxy) is 6. The molecule has 2 aromatic rings. The highest BCUT2D eigenvalue weighted by Crippen LogP contribution is 2.36. The zero-order valence-corrected chi connectivity index (χ0v) is 21.9. The summed E-state index contributed by atoms with van der Waals surface area (Å²) in [6.07, 6.45) is 2.42. The van der Waals surface area contributed by atoms with Crippen molar-refractivity contribution in [2.45, 2.75) is 0 Å². The van der Waals surface area contributed by atoms with E-state index in [9.17, 15) is 16.8 Å². The van der Waals surface area contributed by atoms with Gasteiger partial charge in [0.2, 0.25) is 0 Å². The van der Waals surface area contributed by atoms with Crippen LogP contribution in [0.3, 0.4) is 0 Å². The fraction of sp³-hybridized carbons (Fsp3) is 0.304. The van der Waals surface area contributed by atoms with E-state index in [-0.39, 0.29) is 23.0 Å². The smallest absolute Gasteiger partial charge is 0.186 e. The van der Waals surface area contributed by atoms with Crippen molar-refractivity contribution >= 4 is 31.8 Å². The molecule has 192 valence electrons. The minimum atomic E-state index is -4.19. The fourth-order valence-corrected chi connectivity index (χ4v) is 6.19. The summed E-state index contributed by atoms with van der Waals surface area (Å²) >= 11 is 0. The topological polar surface area (TPSA) is 124 Å². The summed E-state index contributed by atoms with van der Waals surface area (Å²) in [6, 6.07) is 6.18. The Balaban J connectivity index is 2.36. The van der Waals surface area contributed by atoms with Crippen molar-refractivity contribution in [3.63, 3.8) is 0 Å². The molecular formula is C23H28O10S2. The molecule has 2 rings (SSSR count). The van der Waals surface area contributed by atoms with Crippen molar-refractivity contribution in [2.75, 3.05) is 47.7 Å². The molecule has 0 aromatic heterocycles. The summed E-state index contributed by atoms with van der Waals surface area (Å²) < 4.78 is 81.9. The first kappa shape index (κ1) is 27.9. The van der Waals surface area contributed by atoms with Gasteiger partial charge in [0.1, 0.15) is 34.5 Å². The lowest BCUT2D eigenvalue weighted by Gasteiger charge is -2.12. The van der Waals surface area contributed by atoms with E-state index in [1.54, 1.807) is 24.3 Å². The van der Waals surface area contributed by atoms with Crippen molar-refractivity contribution in [3.05, 3.63) is 46.2 Å². The first-order valence-electron chi connectivity index (χ1n) is 9.94. The van der Waals surface area contributed by atoms with Gasteiger partial charge in [0.15, 0.2) is 24.8 Å². The molecule has 0 saturated carbocycles. The van der Waals surface area contributed by atoms with Crippen LogP contribution >= 0.6 is 0 Å². The Bertz CT molecular complexity index is 1160. The van der Waals surface area contributed by atoms with E-state index in [0.29, 0.717) is 22.6 Å². The second-order valence-corrected chi connectivity index (χ2v) is 11.1. The molecule has 0 N–H and O–H groups in total. The van der Waals surface area contributed by atoms with E-state index in [1.807, 2.05) is 0 Å². The Morgan fingerprint density at radius 2 is 0.829 bits per heavy atom. The first-order valence-corrected chi connectivity index (χ1v) is 13.4. The predicted molar refractivity (Wildman–Crippen MR) is 133 cm³/mol. The quantitative estimate of drug-likeness (QED) is 0.406. The minimum Gasteiger partial charge on any atom is -0.496 e. The maximum atomic E-state index is 12.6. The van der Waals surface area contributed by atoms with Crippen LogP contribution in [0, 0.1) is 0 Å². The Labute approximate surface area is 205 Å². The number of rotatable bonds is 12. The molecule has 0 radical (unpaired) electrons. The lowest BCUT2D eigenvalue weighted by molar-refractivity contribution is 0.374. The molecule has 0 aliphatic heterocycles. The van der Waals surface area contributed by atoms with Gasteiger partial charge in [-0.15, -0.1) is 0 Å². The van der Waals surface area contributed by atoms with Gasteiger partial charge in [0.25, 0.3) is 0 Å². The van der Waals surface area contributed by atoms with E-state index in [0.717, 1.165) is 10.8 Å². The monoisotopic (exact) mass is 528 g/mol. The number of methoxy groups -OCH3 is 6. The Morgan fingerprint density at radius 3 is 1.06 bits per heavy atom. The van der Waals surface area contributed by atoms with E-state index in [2.05, 4.69) is 0 Å². The molecule has 0 spiro atoms. The molecule has 0 unspecified atom stereocenters. The summed E-state index contributed by atoms with van der Waals surface area (Å²) in [5.74, 6) is 2.03. The zero-order chi connectivity index (χ0) is 26.2. The Hall–Kier alpha value is -3.38. The molecular weight excluding hydrogens is 500 g/mol. The van der Waals surface area contributed by atoms with Crippen molar-refractivity contribution in [1.29, 1.82) is 0 Å². The van der Waals surface area contributed by atoms with E-state index in [1.165, 1.54) is 54.8 Å². The van der Waals surface area contributed by atoms with Gasteiger partial charge in [-0.05, 0) is 12.2 Å². The maximum absolute atomic E-state index is 12.6. The lowest BCUT2D eigenvalue weighted by atomic mass is 10.1. The predicted octanol–water partition coefficient (Wildman–Crippen LogP) is 3.17. The van der Waals surface area contributed by atoms with Gasteiger partial charge in [-0.1, -0.05) is 0 Å². The van der Waals surface area contributed by atoms with Gasteiger partial charge in [0.05, 0.1) is 53.8 Å². The summed E-state index contributed by atoms with van der Waals surface area (Å²) in [6.45, 7) is 0. The first-order chi connectivity index (χ1) is 16.5. The van der Waals surface area contributed by atoms with E-state index < -0.39 is 24.8 Å². The van der Waals surface area contributed by atoms with Crippen LogP contribution in [0.2, 0.25) is 0 Å². The normalized spacial score (nSPS) is 12.1. The average Bonchev–Trinajstić information content (AvgIpc) is 2.84. The molecule has 0 saturated heterocycles. The molecule has 0 amide bonds. The third-order valence-corrected chi connectivity index (χ3v) is 8.45. The van der Waals surface area contributed by atoms with Crippen LogP contribution < -0.4 is 28.4 Å². The number of benzene rings is 2. The molecule has 12 heteroatoms. The Morgan fingerprint density at radius 1 is 0.543 bits per heavy atom. The van der Waals surface area contributed by atoms with Crippen LogP contribution in [0.15, 0.2) is 35.1 Å². The summed E-state index contributed by atoms with van der Waals surface area (Å²) in [5.41, 5.74) is 0.611. The third kappa shape index (κ3) is 7.30. The maximum Gasteiger partial charge on any atom is 0.186 e. The summed E-state index contributed by atoms with van der Waals surface area (Å²) in [4.78, 5) is 0. The lowest BCUT2D eigenvalue weighted by Crippen LogP contribution is -2.12. The van der Waals surface area contributed by atoms with Crippen LogP contribution in [-0.4, -0.2) is 64.6 Å².